The van der Waals surface area contributed by atoms with Crippen molar-refractivity contribution in [3.63, 3.8) is 0 Å². The normalized spacial score (nSPS) is 22.7. The van der Waals surface area contributed by atoms with Gasteiger partial charge in [-0.25, -0.2) is 14.3 Å². The van der Waals surface area contributed by atoms with E-state index in [1.807, 2.05) is 0 Å². The smallest absolute Gasteiger partial charge is 0.421 e. The number of carbonyl (C=O) groups excluding carboxylic acids is 3. The standard InChI is InChI=1S/C24H40N4O10S/c1-15(2)20(21(29)26-16(3)22(30)31)27-23(32)37-13-12-36-11-10-25-39(34,35)28-24(33)38-14-19-17-8-6-4-5-7-9-18(17)19/h4-5,15-20,25H,6-14H2,1-3H3,(H,26,29)(H,27,32)(H,28,33)(H,30,31)/b5-4-/t16-,17-,18+,19?,20-/m0/s1. The van der Waals surface area contributed by atoms with E-state index in [1.54, 1.807) is 18.6 Å². The molecule has 0 aromatic heterocycles. The Bertz CT molecular complexity index is 971. The number of ether oxygens (including phenoxy) is 3. The van der Waals surface area contributed by atoms with E-state index in [9.17, 15) is 27.6 Å². The first-order valence-corrected chi connectivity index (χ1v) is 14.5. The van der Waals surface area contributed by atoms with Crippen molar-refractivity contribution >= 4 is 34.3 Å². The number of allylic oxidation sites excluding steroid dienone is 2. The van der Waals surface area contributed by atoms with Crippen LogP contribution in [0.3, 0.4) is 0 Å². The molecule has 14 nitrogen and oxygen atoms in total. The molecule has 1 saturated carbocycles. The number of carboxylic acid groups (broad SMARTS) is 1. The number of hydrogen-bond acceptors (Lipinski definition) is 9. The lowest BCUT2D eigenvalue weighted by atomic mass is 10.0. The molecule has 0 bridgehead atoms. The second-order valence-electron chi connectivity index (χ2n) is 9.90. The number of aliphatic carboxylic acids is 1. The number of rotatable bonds is 15. The summed E-state index contributed by atoms with van der Waals surface area (Å²) in [7, 11) is -4.13. The summed E-state index contributed by atoms with van der Waals surface area (Å²) in [6, 6.07) is -2.13. The highest BCUT2D eigenvalue weighted by molar-refractivity contribution is 7.88. The van der Waals surface area contributed by atoms with Crippen molar-refractivity contribution in [3.05, 3.63) is 12.2 Å². The van der Waals surface area contributed by atoms with Gasteiger partial charge in [0.05, 0.1) is 19.8 Å². The third-order valence-electron chi connectivity index (χ3n) is 6.58. The highest BCUT2D eigenvalue weighted by Crippen LogP contribution is 2.52. The van der Waals surface area contributed by atoms with Gasteiger partial charge in [-0.05, 0) is 56.3 Å². The van der Waals surface area contributed by atoms with Crippen molar-refractivity contribution in [2.45, 2.75) is 58.5 Å². The van der Waals surface area contributed by atoms with E-state index in [0.717, 1.165) is 25.7 Å². The van der Waals surface area contributed by atoms with Crippen LogP contribution in [0.25, 0.3) is 0 Å². The van der Waals surface area contributed by atoms with Crippen LogP contribution in [0.15, 0.2) is 12.2 Å². The molecule has 2 rings (SSSR count). The monoisotopic (exact) mass is 576 g/mol. The van der Waals surface area contributed by atoms with Crippen LogP contribution in [0.5, 0.6) is 0 Å². The molecule has 3 amide bonds. The van der Waals surface area contributed by atoms with Crippen LogP contribution in [-0.4, -0.2) is 82.6 Å². The number of carbonyl (C=O) groups is 4. The minimum atomic E-state index is -4.13. The summed E-state index contributed by atoms with van der Waals surface area (Å²) in [6.45, 7) is 4.39. The van der Waals surface area contributed by atoms with Gasteiger partial charge in [0.2, 0.25) is 5.91 Å². The first-order valence-electron chi connectivity index (χ1n) is 13.0. The Balaban J connectivity index is 1.55. The van der Waals surface area contributed by atoms with Crippen molar-refractivity contribution in [3.8, 4) is 0 Å². The first-order chi connectivity index (χ1) is 18.4. The Morgan fingerprint density at radius 3 is 2.15 bits per heavy atom. The van der Waals surface area contributed by atoms with Crippen LogP contribution in [0, 0.1) is 23.7 Å². The maximum atomic E-state index is 12.2. The van der Waals surface area contributed by atoms with Crippen molar-refractivity contribution in [1.29, 1.82) is 0 Å². The topological polar surface area (TPSA) is 198 Å². The van der Waals surface area contributed by atoms with Gasteiger partial charge in [-0.3, -0.25) is 9.59 Å². The summed E-state index contributed by atoms with van der Waals surface area (Å²) in [4.78, 5) is 47.0. The van der Waals surface area contributed by atoms with E-state index >= 15 is 0 Å². The molecule has 0 aromatic carbocycles. The number of nitrogens with one attached hydrogen (secondary N) is 4. The number of hydrogen-bond donors (Lipinski definition) is 5. The van der Waals surface area contributed by atoms with Crippen LogP contribution < -0.4 is 20.1 Å². The average molecular weight is 577 g/mol. The molecule has 0 heterocycles. The zero-order valence-corrected chi connectivity index (χ0v) is 23.3. The van der Waals surface area contributed by atoms with E-state index in [0.29, 0.717) is 11.8 Å². The number of carboxylic acids is 1. The van der Waals surface area contributed by atoms with Crippen molar-refractivity contribution in [2.75, 3.05) is 33.0 Å². The number of amides is 3. The molecular formula is C24H40N4O10S. The lowest BCUT2D eigenvalue weighted by molar-refractivity contribution is -0.141. The van der Waals surface area contributed by atoms with E-state index in [-0.39, 0.29) is 44.8 Å². The van der Waals surface area contributed by atoms with Gasteiger partial charge in [-0.1, -0.05) is 26.0 Å². The van der Waals surface area contributed by atoms with Gasteiger partial charge in [0, 0.05) is 6.54 Å². The summed E-state index contributed by atoms with van der Waals surface area (Å²) in [5, 5.41) is 13.6. The second kappa shape index (κ2) is 15.6. The van der Waals surface area contributed by atoms with E-state index < -0.39 is 46.4 Å². The van der Waals surface area contributed by atoms with E-state index in [4.69, 9.17) is 19.3 Å². The number of fused-ring (bicyclic) bond motifs is 1. The minimum Gasteiger partial charge on any atom is -0.480 e. The molecule has 2 aliphatic rings. The molecule has 0 aliphatic heterocycles. The molecule has 2 aliphatic carbocycles. The van der Waals surface area contributed by atoms with Crippen LogP contribution in [0.1, 0.15) is 46.5 Å². The third-order valence-corrected chi connectivity index (χ3v) is 7.60. The molecule has 5 atom stereocenters. The van der Waals surface area contributed by atoms with Crippen molar-refractivity contribution in [2.24, 2.45) is 23.7 Å². The summed E-state index contributed by atoms with van der Waals surface area (Å²) in [5.74, 6) is -0.886. The lowest BCUT2D eigenvalue weighted by Gasteiger charge is -2.22. The molecule has 222 valence electrons. The van der Waals surface area contributed by atoms with Crippen molar-refractivity contribution in [1.82, 2.24) is 20.1 Å². The fraction of sp³-hybridized carbons (Fsp3) is 0.750. The molecule has 0 aromatic rings. The predicted molar refractivity (Wildman–Crippen MR) is 139 cm³/mol. The lowest BCUT2D eigenvalue weighted by Crippen LogP contribution is -2.53. The van der Waals surface area contributed by atoms with Crippen molar-refractivity contribution < 1.29 is 46.9 Å². The zero-order chi connectivity index (χ0) is 29.0. The van der Waals surface area contributed by atoms with Crippen LogP contribution in [0.2, 0.25) is 0 Å². The van der Waals surface area contributed by atoms with Gasteiger partial charge in [0.25, 0.3) is 0 Å². The molecule has 1 fully saturated rings. The summed E-state index contributed by atoms with van der Waals surface area (Å²) in [6.07, 6.45) is 6.53. The molecule has 5 N–H and O–H groups in total. The Morgan fingerprint density at radius 2 is 1.56 bits per heavy atom. The quantitative estimate of drug-likeness (QED) is 0.138. The third kappa shape index (κ3) is 11.8. The van der Waals surface area contributed by atoms with E-state index in [1.165, 1.54) is 6.92 Å². The second-order valence-corrected chi connectivity index (χ2v) is 11.4. The summed E-state index contributed by atoms with van der Waals surface area (Å²) < 4.78 is 43.2. The Labute approximate surface area is 228 Å². The molecule has 0 spiro atoms. The van der Waals surface area contributed by atoms with Gasteiger partial charge in [0.1, 0.15) is 18.7 Å². The van der Waals surface area contributed by atoms with E-state index in [2.05, 4.69) is 27.5 Å². The molecule has 0 saturated heterocycles. The number of alkyl carbamates (subject to hydrolysis) is 1. The Kier molecular flexibility index (Phi) is 12.9. The SMILES string of the molecule is CC(C)[C@H](NC(=O)OCCOCCNS(=O)(=O)NC(=O)OCC1[C@H]2CC/C=C\CC[C@@H]12)C(=O)N[C@@H](C)C(=O)O. The first kappa shape index (κ1) is 32.3. The van der Waals surface area contributed by atoms with Crippen LogP contribution >= 0.6 is 0 Å². The van der Waals surface area contributed by atoms with Gasteiger partial charge in [-0.15, -0.1) is 0 Å². The van der Waals surface area contributed by atoms with Crippen LogP contribution in [0.4, 0.5) is 9.59 Å². The van der Waals surface area contributed by atoms with Gasteiger partial charge in [0.15, 0.2) is 0 Å². The molecule has 0 radical (unpaired) electrons. The van der Waals surface area contributed by atoms with Gasteiger partial charge < -0.3 is 30.0 Å². The van der Waals surface area contributed by atoms with Crippen LogP contribution in [-0.2, 0) is 34.0 Å². The van der Waals surface area contributed by atoms with Gasteiger partial charge >= 0.3 is 28.4 Å². The maximum Gasteiger partial charge on any atom is 0.421 e. The fourth-order valence-corrected chi connectivity index (χ4v) is 5.10. The zero-order valence-electron chi connectivity index (χ0n) is 22.5. The molecular weight excluding hydrogens is 536 g/mol. The average Bonchev–Trinajstić information content (AvgIpc) is 3.48. The highest BCUT2D eigenvalue weighted by atomic mass is 32.2. The summed E-state index contributed by atoms with van der Waals surface area (Å²) in [5.41, 5.74) is 0. The minimum absolute atomic E-state index is 0.0571. The Morgan fingerprint density at radius 1 is 0.923 bits per heavy atom. The molecule has 1 unspecified atom stereocenters. The largest absolute Gasteiger partial charge is 0.480 e. The summed E-state index contributed by atoms with van der Waals surface area (Å²) >= 11 is 0. The maximum absolute atomic E-state index is 12.2. The highest BCUT2D eigenvalue weighted by Gasteiger charge is 2.49. The molecule has 39 heavy (non-hydrogen) atoms. The van der Waals surface area contributed by atoms with Gasteiger partial charge in [-0.2, -0.15) is 13.1 Å². The fourth-order valence-electron chi connectivity index (χ4n) is 4.40. The Hall–Kier alpha value is -2.91. The predicted octanol–water partition coefficient (Wildman–Crippen LogP) is 0.896. The molecule has 15 heteroatoms.